The van der Waals surface area contributed by atoms with E-state index in [1.165, 1.54) is 5.56 Å². The number of hydrogen-bond acceptors (Lipinski definition) is 1. The Morgan fingerprint density at radius 3 is 2.50 bits per heavy atom. The Kier molecular flexibility index (Phi) is 3.08. The number of carbonyl (C=O) groups excluding carboxylic acids is 1. The molecule has 12 heavy (non-hydrogen) atoms. The first kappa shape index (κ1) is 8.53. The van der Waals surface area contributed by atoms with E-state index in [-0.39, 0.29) is 0 Å². The van der Waals surface area contributed by atoms with E-state index in [4.69, 9.17) is 0 Å². The molecule has 0 aromatic heterocycles. The highest BCUT2D eigenvalue weighted by atomic mass is 16.1. The van der Waals surface area contributed by atoms with Crippen LogP contribution in [0.1, 0.15) is 11.1 Å². The average Bonchev–Trinajstić information content (AvgIpc) is 2.09. The fourth-order valence-electron chi connectivity index (χ4n) is 0.861. The summed E-state index contributed by atoms with van der Waals surface area (Å²) in [4.78, 5) is 9.89. The Balaban J connectivity index is 2.64. The zero-order valence-corrected chi connectivity index (χ0v) is 6.95. The predicted octanol–water partition coefficient (Wildman–Crippen LogP) is 1.71. The van der Waals surface area contributed by atoms with Gasteiger partial charge < -0.3 is 5.32 Å². The van der Waals surface area contributed by atoms with Gasteiger partial charge in [0.15, 0.2) is 0 Å². The van der Waals surface area contributed by atoms with Gasteiger partial charge in [-0.25, -0.2) is 0 Å². The highest BCUT2D eigenvalue weighted by Crippen LogP contribution is 2.03. The van der Waals surface area contributed by atoms with Crippen LogP contribution < -0.4 is 5.32 Å². The van der Waals surface area contributed by atoms with E-state index in [1.54, 1.807) is 6.20 Å². The molecule has 0 heterocycles. The highest BCUT2D eigenvalue weighted by molar-refractivity contribution is 5.55. The van der Waals surface area contributed by atoms with Crippen LogP contribution in [0.5, 0.6) is 0 Å². The molecule has 0 saturated carbocycles. The van der Waals surface area contributed by atoms with Gasteiger partial charge in [0.05, 0.1) is 0 Å². The second-order valence-corrected chi connectivity index (χ2v) is 2.53. The van der Waals surface area contributed by atoms with Crippen LogP contribution in [0.3, 0.4) is 0 Å². The largest absolute Gasteiger partial charge is 0.335 e. The van der Waals surface area contributed by atoms with E-state index < -0.39 is 0 Å². The van der Waals surface area contributed by atoms with Gasteiger partial charge in [0.1, 0.15) is 0 Å². The monoisotopic (exact) mass is 161 g/mol. The second kappa shape index (κ2) is 4.34. The number of amides is 1. The molecular formula is C10H11NO. The van der Waals surface area contributed by atoms with Gasteiger partial charge in [-0.1, -0.05) is 29.8 Å². The Morgan fingerprint density at radius 1 is 1.25 bits per heavy atom. The molecule has 0 saturated heterocycles. The number of nitrogens with one attached hydrogen (secondary N) is 1. The number of carbonyl (C=O) groups is 1. The third-order valence-corrected chi connectivity index (χ3v) is 1.52. The highest BCUT2D eigenvalue weighted by Gasteiger charge is 1.84. The van der Waals surface area contributed by atoms with E-state index in [2.05, 4.69) is 5.32 Å². The minimum atomic E-state index is 0.644. The maximum Gasteiger partial charge on any atom is 0.211 e. The van der Waals surface area contributed by atoms with Crippen LogP contribution in [0, 0.1) is 6.92 Å². The summed E-state index contributed by atoms with van der Waals surface area (Å²) in [7, 11) is 0. The Morgan fingerprint density at radius 2 is 1.92 bits per heavy atom. The van der Waals surface area contributed by atoms with Crippen molar-refractivity contribution in [3.8, 4) is 0 Å². The summed E-state index contributed by atoms with van der Waals surface area (Å²) in [6, 6.07) is 8.05. The normalized spacial score (nSPS) is 10.1. The lowest BCUT2D eigenvalue weighted by atomic mass is 10.1. The predicted molar refractivity (Wildman–Crippen MR) is 49.4 cm³/mol. The first-order valence-electron chi connectivity index (χ1n) is 3.76. The molecule has 1 aromatic carbocycles. The van der Waals surface area contributed by atoms with Crippen molar-refractivity contribution in [1.82, 2.24) is 5.32 Å². The topological polar surface area (TPSA) is 29.1 Å². The lowest BCUT2D eigenvalue weighted by molar-refractivity contribution is -0.108. The smallest absolute Gasteiger partial charge is 0.211 e. The molecule has 2 nitrogen and oxygen atoms in total. The molecule has 0 fully saturated rings. The van der Waals surface area contributed by atoms with E-state index in [0.717, 1.165) is 5.56 Å². The van der Waals surface area contributed by atoms with E-state index >= 15 is 0 Å². The van der Waals surface area contributed by atoms with Crippen LogP contribution in [0.2, 0.25) is 0 Å². The SMILES string of the molecule is Cc1ccc(/C=C/NC=O)cc1. The van der Waals surface area contributed by atoms with Gasteiger partial charge in [0.2, 0.25) is 6.41 Å². The van der Waals surface area contributed by atoms with Crippen molar-refractivity contribution in [2.24, 2.45) is 0 Å². The maximum atomic E-state index is 9.89. The Labute approximate surface area is 71.9 Å². The molecule has 0 spiro atoms. The third kappa shape index (κ3) is 2.58. The fourth-order valence-corrected chi connectivity index (χ4v) is 0.861. The molecule has 1 aromatic rings. The van der Waals surface area contributed by atoms with Crippen molar-refractivity contribution < 1.29 is 4.79 Å². The van der Waals surface area contributed by atoms with Crippen molar-refractivity contribution in [1.29, 1.82) is 0 Å². The quantitative estimate of drug-likeness (QED) is 0.672. The summed E-state index contributed by atoms with van der Waals surface area (Å²) in [6.45, 7) is 2.04. The van der Waals surface area contributed by atoms with Gasteiger partial charge in [-0.15, -0.1) is 0 Å². The second-order valence-electron chi connectivity index (χ2n) is 2.53. The first-order valence-corrected chi connectivity index (χ1v) is 3.76. The van der Waals surface area contributed by atoms with E-state index in [1.807, 2.05) is 37.3 Å². The van der Waals surface area contributed by atoms with Crippen molar-refractivity contribution >= 4 is 12.5 Å². The molecule has 0 atom stereocenters. The Bertz CT molecular complexity index is 274. The summed E-state index contributed by atoms with van der Waals surface area (Å²) >= 11 is 0. The van der Waals surface area contributed by atoms with Crippen molar-refractivity contribution in [3.63, 3.8) is 0 Å². The number of aryl methyl sites for hydroxylation is 1. The van der Waals surface area contributed by atoms with Gasteiger partial charge in [0, 0.05) is 6.20 Å². The maximum absolute atomic E-state index is 9.89. The number of hydrogen-bond donors (Lipinski definition) is 1. The molecule has 0 unspecified atom stereocenters. The zero-order chi connectivity index (χ0) is 8.81. The Hall–Kier alpha value is -1.57. The van der Waals surface area contributed by atoms with Crippen LogP contribution >= 0.6 is 0 Å². The number of rotatable bonds is 3. The molecular weight excluding hydrogens is 150 g/mol. The summed E-state index contributed by atoms with van der Waals surface area (Å²) in [5.41, 5.74) is 2.31. The van der Waals surface area contributed by atoms with Gasteiger partial charge in [-0.05, 0) is 18.6 Å². The average molecular weight is 161 g/mol. The molecule has 1 amide bonds. The zero-order valence-electron chi connectivity index (χ0n) is 6.95. The van der Waals surface area contributed by atoms with Gasteiger partial charge in [-0.2, -0.15) is 0 Å². The van der Waals surface area contributed by atoms with Gasteiger partial charge in [-0.3, -0.25) is 4.79 Å². The minimum Gasteiger partial charge on any atom is -0.335 e. The van der Waals surface area contributed by atoms with E-state index in [9.17, 15) is 4.79 Å². The molecule has 1 N–H and O–H groups in total. The molecule has 0 aliphatic rings. The minimum absolute atomic E-state index is 0.644. The molecule has 0 aliphatic heterocycles. The van der Waals surface area contributed by atoms with Crippen molar-refractivity contribution in [3.05, 3.63) is 41.6 Å². The lowest BCUT2D eigenvalue weighted by Gasteiger charge is -1.93. The third-order valence-electron chi connectivity index (χ3n) is 1.52. The molecule has 62 valence electrons. The standard InChI is InChI=1S/C10H11NO/c1-9-2-4-10(5-3-9)6-7-11-8-12/h2-8H,1H3,(H,11,12)/b7-6+. The summed E-state index contributed by atoms with van der Waals surface area (Å²) < 4.78 is 0. The molecule has 2 heteroatoms. The van der Waals surface area contributed by atoms with Crippen LogP contribution in [0.4, 0.5) is 0 Å². The summed E-state index contributed by atoms with van der Waals surface area (Å²) in [5, 5.41) is 2.45. The first-order chi connectivity index (χ1) is 5.83. The van der Waals surface area contributed by atoms with Crippen LogP contribution in [0.25, 0.3) is 6.08 Å². The molecule has 0 bridgehead atoms. The van der Waals surface area contributed by atoms with Crippen molar-refractivity contribution in [2.75, 3.05) is 0 Å². The van der Waals surface area contributed by atoms with Crippen LogP contribution in [0.15, 0.2) is 30.5 Å². The molecule has 1 rings (SSSR count). The van der Waals surface area contributed by atoms with Gasteiger partial charge >= 0.3 is 0 Å². The van der Waals surface area contributed by atoms with Crippen LogP contribution in [-0.2, 0) is 4.79 Å². The van der Waals surface area contributed by atoms with Crippen molar-refractivity contribution in [2.45, 2.75) is 6.92 Å². The fraction of sp³-hybridized carbons (Fsp3) is 0.100. The molecule has 0 aliphatic carbocycles. The van der Waals surface area contributed by atoms with Crippen LogP contribution in [-0.4, -0.2) is 6.41 Å². The summed E-state index contributed by atoms with van der Waals surface area (Å²) in [5.74, 6) is 0. The summed E-state index contributed by atoms with van der Waals surface area (Å²) in [6.07, 6.45) is 4.09. The number of benzene rings is 1. The van der Waals surface area contributed by atoms with Gasteiger partial charge in [0.25, 0.3) is 0 Å². The molecule has 0 radical (unpaired) electrons. The lowest BCUT2D eigenvalue weighted by Crippen LogP contribution is -1.97. The van der Waals surface area contributed by atoms with E-state index in [0.29, 0.717) is 6.41 Å².